The third kappa shape index (κ3) is 7.34. The lowest BCUT2D eigenvalue weighted by Crippen LogP contribution is -2.57. The van der Waals surface area contributed by atoms with Crippen LogP contribution in [0.15, 0.2) is 47.5 Å². The van der Waals surface area contributed by atoms with Crippen LogP contribution in [0.5, 0.6) is 0 Å². The Bertz CT molecular complexity index is 1390. The Hall–Kier alpha value is -3.53. The van der Waals surface area contributed by atoms with E-state index in [9.17, 15) is 19.2 Å². The van der Waals surface area contributed by atoms with E-state index in [-0.39, 0.29) is 41.2 Å². The predicted molar refractivity (Wildman–Crippen MR) is 164 cm³/mol. The van der Waals surface area contributed by atoms with E-state index in [2.05, 4.69) is 41.6 Å². The van der Waals surface area contributed by atoms with Crippen molar-refractivity contribution < 1.29 is 19.1 Å². The molecule has 2 fully saturated rings. The fourth-order valence-corrected chi connectivity index (χ4v) is 6.63. The molecule has 10 nitrogen and oxygen atoms in total. The summed E-state index contributed by atoms with van der Waals surface area (Å²) in [6.07, 6.45) is 10.4. The van der Waals surface area contributed by atoms with Gasteiger partial charge in [-0.25, -0.2) is 4.98 Å². The number of amides is 3. The van der Waals surface area contributed by atoms with Gasteiger partial charge in [-0.05, 0) is 63.0 Å². The van der Waals surface area contributed by atoms with E-state index < -0.39 is 11.5 Å². The molecule has 3 aliphatic heterocycles. The van der Waals surface area contributed by atoms with Gasteiger partial charge in [-0.2, -0.15) is 0 Å². The van der Waals surface area contributed by atoms with Gasteiger partial charge in [0.1, 0.15) is 6.04 Å². The lowest BCUT2D eigenvalue weighted by Gasteiger charge is -2.41. The van der Waals surface area contributed by atoms with Gasteiger partial charge in [0.25, 0.3) is 5.56 Å². The number of hydrogen-bond donors (Lipinski definition) is 2. The maximum absolute atomic E-state index is 13.9. The van der Waals surface area contributed by atoms with E-state index in [1.165, 1.54) is 0 Å². The Kier molecular flexibility index (Phi) is 9.95. The number of carbonyl (C=O) groups is 3. The molecule has 3 amide bonds. The van der Waals surface area contributed by atoms with E-state index in [4.69, 9.17) is 4.74 Å². The van der Waals surface area contributed by atoms with Crippen molar-refractivity contribution in [3.05, 3.63) is 53.1 Å². The molecule has 0 unspecified atom stereocenters. The monoisotopic (exact) mass is 591 g/mol. The third-order valence-electron chi connectivity index (χ3n) is 9.32. The molecule has 0 aliphatic carbocycles. The highest BCUT2D eigenvalue weighted by Gasteiger charge is 2.43. The Balaban J connectivity index is 1.22. The topological polar surface area (TPSA) is 123 Å². The molecule has 3 aliphatic rings. The second-order valence-electron chi connectivity index (χ2n) is 12.8. The lowest BCUT2D eigenvalue weighted by molar-refractivity contribution is -0.142. The van der Waals surface area contributed by atoms with Crippen LogP contribution in [0.1, 0.15) is 65.2 Å². The fraction of sp³-hybridized carbons (Fsp3) is 0.606. The number of para-hydroxylation sites is 1. The average Bonchev–Trinajstić information content (AvgIpc) is 3.00. The molecule has 0 saturated carbocycles. The maximum atomic E-state index is 13.9. The van der Waals surface area contributed by atoms with Crippen molar-refractivity contribution in [2.24, 2.45) is 17.3 Å². The fourth-order valence-electron chi connectivity index (χ4n) is 6.63. The Labute approximate surface area is 253 Å². The van der Waals surface area contributed by atoms with Crippen molar-refractivity contribution in [2.45, 2.75) is 83.8 Å². The Morgan fingerprint density at radius 2 is 1.91 bits per heavy atom. The summed E-state index contributed by atoms with van der Waals surface area (Å²) in [6, 6.07) is 6.69. The van der Waals surface area contributed by atoms with Crippen molar-refractivity contribution in [3.63, 3.8) is 0 Å². The molecule has 43 heavy (non-hydrogen) atoms. The first kappa shape index (κ1) is 30.9. The zero-order chi connectivity index (χ0) is 30.4. The summed E-state index contributed by atoms with van der Waals surface area (Å²) in [5.74, 6) is 0.261. The summed E-state index contributed by atoms with van der Waals surface area (Å²) in [5.41, 5.74) is -0.110. The zero-order valence-corrected chi connectivity index (χ0v) is 25.4. The van der Waals surface area contributed by atoms with E-state index in [1.54, 1.807) is 17.0 Å². The van der Waals surface area contributed by atoms with Gasteiger partial charge in [0.15, 0.2) is 0 Å². The SMILES string of the molecule is CC(C)C[C@H]1NC(=O)C2(C/C=C/C[C@@H]3COCC[C@@H]3NC1=O)CCN(C(=O)CCCn1cnc3ccccc3c1=O)CC2. The van der Waals surface area contributed by atoms with Crippen molar-refractivity contribution in [1.82, 2.24) is 25.1 Å². The summed E-state index contributed by atoms with van der Waals surface area (Å²) in [6.45, 7) is 6.74. The van der Waals surface area contributed by atoms with Crippen molar-refractivity contribution >= 4 is 28.6 Å². The zero-order valence-electron chi connectivity index (χ0n) is 25.4. The molecular weight excluding hydrogens is 546 g/mol. The van der Waals surface area contributed by atoms with Crippen LogP contribution < -0.4 is 16.2 Å². The van der Waals surface area contributed by atoms with E-state index in [0.717, 1.165) is 12.8 Å². The first-order chi connectivity index (χ1) is 20.8. The Morgan fingerprint density at radius 1 is 1.12 bits per heavy atom. The van der Waals surface area contributed by atoms with Crippen LogP contribution in [0.25, 0.3) is 10.9 Å². The summed E-state index contributed by atoms with van der Waals surface area (Å²) in [5, 5.41) is 6.92. The number of allylic oxidation sites excluding steroid dienone is 2. The summed E-state index contributed by atoms with van der Waals surface area (Å²) >= 11 is 0. The quantitative estimate of drug-likeness (QED) is 0.498. The van der Waals surface area contributed by atoms with Gasteiger partial charge in [-0.3, -0.25) is 23.7 Å². The van der Waals surface area contributed by atoms with Gasteiger partial charge < -0.3 is 20.3 Å². The minimum atomic E-state index is -0.672. The highest BCUT2D eigenvalue weighted by atomic mass is 16.5. The number of piperidine rings is 1. The number of rotatable bonds is 6. The van der Waals surface area contributed by atoms with Crippen LogP contribution in [0.3, 0.4) is 0 Å². The molecule has 0 radical (unpaired) electrons. The van der Waals surface area contributed by atoms with Crippen LogP contribution in [0.4, 0.5) is 0 Å². The Morgan fingerprint density at radius 3 is 2.70 bits per heavy atom. The van der Waals surface area contributed by atoms with Gasteiger partial charge in [0, 0.05) is 44.6 Å². The number of carbonyl (C=O) groups excluding carboxylic acids is 3. The number of fused-ring (bicyclic) bond motifs is 2. The normalized spacial score (nSPS) is 25.4. The van der Waals surface area contributed by atoms with Gasteiger partial charge in [0.05, 0.1) is 29.3 Å². The molecule has 1 aromatic heterocycles. The minimum Gasteiger partial charge on any atom is -0.381 e. The smallest absolute Gasteiger partial charge is 0.261 e. The van der Waals surface area contributed by atoms with Crippen LogP contribution in [0, 0.1) is 17.3 Å². The molecular formula is C33H45N5O5. The van der Waals surface area contributed by atoms with Gasteiger partial charge >= 0.3 is 0 Å². The average molecular weight is 592 g/mol. The molecule has 2 saturated heterocycles. The summed E-state index contributed by atoms with van der Waals surface area (Å²) in [4.78, 5) is 59.4. The molecule has 232 valence electrons. The van der Waals surface area contributed by atoms with Crippen LogP contribution in [-0.2, 0) is 25.7 Å². The van der Waals surface area contributed by atoms with Crippen molar-refractivity contribution in [1.29, 1.82) is 0 Å². The number of aryl methyl sites for hydroxylation is 1. The minimum absolute atomic E-state index is 0.0288. The molecule has 2 N–H and O–H groups in total. The first-order valence-electron chi connectivity index (χ1n) is 15.8. The maximum Gasteiger partial charge on any atom is 0.261 e. The summed E-state index contributed by atoms with van der Waals surface area (Å²) < 4.78 is 7.28. The number of likely N-dealkylation sites (tertiary alicyclic amines) is 1. The number of aromatic nitrogens is 2. The second kappa shape index (κ2) is 13.8. The number of benzene rings is 1. The van der Waals surface area contributed by atoms with Crippen LogP contribution in [0.2, 0.25) is 0 Å². The standard InChI is InChI=1S/C33H45N5O5/c1-23(2)20-28-30(40)35-26-12-19-43-21-24(26)8-5-6-13-33(32(42)36-28)14-17-37(18-15-33)29(39)11-7-16-38-22-34-27-10-4-3-9-25(27)31(38)41/h3-6,9-10,22-24,26,28H,7-8,11-21H2,1-2H3,(H,35,40)(H,36,42)/b6-5+/t24-,26+,28-/m1/s1. The summed E-state index contributed by atoms with van der Waals surface area (Å²) in [7, 11) is 0. The molecule has 2 aromatic rings. The molecule has 4 heterocycles. The number of hydrogen-bond acceptors (Lipinski definition) is 6. The van der Waals surface area contributed by atoms with E-state index in [1.807, 2.05) is 23.1 Å². The van der Waals surface area contributed by atoms with Gasteiger partial charge in [-0.1, -0.05) is 38.1 Å². The molecule has 5 rings (SSSR count). The highest BCUT2D eigenvalue weighted by molar-refractivity contribution is 5.90. The highest BCUT2D eigenvalue weighted by Crippen LogP contribution is 2.37. The number of nitrogens with one attached hydrogen (secondary N) is 2. The van der Waals surface area contributed by atoms with E-state index >= 15 is 0 Å². The number of ether oxygens (including phenoxy) is 1. The largest absolute Gasteiger partial charge is 0.381 e. The molecule has 1 spiro atoms. The molecule has 1 aromatic carbocycles. The lowest BCUT2D eigenvalue weighted by atomic mass is 9.74. The number of nitrogens with zero attached hydrogens (tertiary/aromatic N) is 3. The first-order valence-corrected chi connectivity index (χ1v) is 15.8. The molecule has 3 atom stereocenters. The third-order valence-corrected chi connectivity index (χ3v) is 9.32. The van der Waals surface area contributed by atoms with Crippen LogP contribution >= 0.6 is 0 Å². The predicted octanol–water partition coefficient (Wildman–Crippen LogP) is 3.19. The van der Waals surface area contributed by atoms with Gasteiger partial charge in [-0.15, -0.1) is 0 Å². The van der Waals surface area contributed by atoms with E-state index in [0.29, 0.717) is 82.3 Å². The van der Waals surface area contributed by atoms with Crippen molar-refractivity contribution in [2.75, 3.05) is 26.3 Å². The van der Waals surface area contributed by atoms with Crippen molar-refractivity contribution in [3.8, 4) is 0 Å². The van der Waals surface area contributed by atoms with Gasteiger partial charge in [0.2, 0.25) is 17.7 Å². The second-order valence-corrected chi connectivity index (χ2v) is 12.8. The van der Waals surface area contributed by atoms with Crippen LogP contribution in [-0.4, -0.2) is 70.6 Å². The molecule has 10 heteroatoms. The molecule has 0 bridgehead atoms.